The number of benzene rings is 3. The Morgan fingerprint density at radius 2 is 1.68 bits per heavy atom. The Balaban J connectivity index is 1.71. The summed E-state index contributed by atoms with van der Waals surface area (Å²) < 4.78 is 4.55. The van der Waals surface area contributed by atoms with E-state index < -0.39 is 0 Å². The SMILES string of the molecule is Cc1c[n+](C)c(-c2c3c(c4ccccc4c2C)-n2ccnc2C3)cc1-c1ccccc1. The van der Waals surface area contributed by atoms with E-state index in [1.165, 1.54) is 55.5 Å². The van der Waals surface area contributed by atoms with Gasteiger partial charge in [-0.1, -0.05) is 54.6 Å². The summed E-state index contributed by atoms with van der Waals surface area (Å²) in [6.45, 7) is 4.46. The van der Waals surface area contributed by atoms with Crippen molar-refractivity contribution < 1.29 is 4.57 Å². The molecule has 1 aliphatic heterocycles. The Bertz CT molecular complexity index is 1480. The molecule has 2 aromatic heterocycles. The molecule has 3 heterocycles. The predicted molar refractivity (Wildman–Crippen MR) is 125 cm³/mol. The van der Waals surface area contributed by atoms with E-state index in [4.69, 9.17) is 0 Å². The lowest BCUT2D eigenvalue weighted by atomic mass is 9.89. The monoisotopic (exact) mass is 402 g/mol. The van der Waals surface area contributed by atoms with Crippen LogP contribution in [-0.4, -0.2) is 9.55 Å². The summed E-state index contributed by atoms with van der Waals surface area (Å²) in [7, 11) is 2.16. The van der Waals surface area contributed by atoms with E-state index in [0.717, 1.165) is 12.2 Å². The Kier molecular flexibility index (Phi) is 3.87. The lowest BCUT2D eigenvalue weighted by molar-refractivity contribution is -0.660. The van der Waals surface area contributed by atoms with Crippen LogP contribution in [0.15, 0.2) is 79.3 Å². The van der Waals surface area contributed by atoms with Gasteiger partial charge < -0.3 is 4.57 Å². The molecule has 0 aliphatic carbocycles. The number of nitrogens with zero attached hydrogens (tertiary/aromatic N) is 3. The lowest BCUT2D eigenvalue weighted by Gasteiger charge is -2.17. The first-order valence-electron chi connectivity index (χ1n) is 10.8. The molecule has 3 nitrogen and oxygen atoms in total. The fourth-order valence-corrected chi connectivity index (χ4v) is 5.24. The first kappa shape index (κ1) is 18.1. The minimum Gasteiger partial charge on any atom is -0.303 e. The second-order valence-electron chi connectivity index (χ2n) is 8.50. The lowest BCUT2D eigenvalue weighted by Crippen LogP contribution is -2.32. The van der Waals surface area contributed by atoms with Crippen LogP contribution in [0.3, 0.4) is 0 Å². The number of hydrogen-bond donors (Lipinski definition) is 0. The summed E-state index contributed by atoms with van der Waals surface area (Å²) in [5.74, 6) is 1.12. The van der Waals surface area contributed by atoms with Crippen molar-refractivity contribution in [2.75, 3.05) is 0 Å². The summed E-state index contributed by atoms with van der Waals surface area (Å²) in [5.41, 5.74) is 10.4. The average Bonchev–Trinajstić information content (AvgIpc) is 3.37. The molecular formula is C28H24N3+. The summed E-state index contributed by atoms with van der Waals surface area (Å²) in [6, 6.07) is 21.8. The van der Waals surface area contributed by atoms with E-state index in [-0.39, 0.29) is 0 Å². The van der Waals surface area contributed by atoms with Crippen LogP contribution < -0.4 is 4.57 Å². The van der Waals surface area contributed by atoms with Crippen molar-refractivity contribution in [3.05, 3.63) is 102 Å². The van der Waals surface area contributed by atoms with E-state index in [2.05, 4.69) is 108 Å². The second-order valence-corrected chi connectivity index (χ2v) is 8.50. The Morgan fingerprint density at radius 3 is 2.48 bits per heavy atom. The molecule has 3 heteroatoms. The van der Waals surface area contributed by atoms with Crippen LogP contribution in [0.5, 0.6) is 0 Å². The maximum absolute atomic E-state index is 4.64. The summed E-state index contributed by atoms with van der Waals surface area (Å²) in [6.07, 6.45) is 7.12. The molecule has 150 valence electrons. The summed E-state index contributed by atoms with van der Waals surface area (Å²) in [4.78, 5) is 4.64. The first-order valence-corrected chi connectivity index (χ1v) is 10.8. The number of rotatable bonds is 2. The highest BCUT2D eigenvalue weighted by Gasteiger charge is 2.30. The zero-order chi connectivity index (χ0) is 21.1. The van der Waals surface area contributed by atoms with Gasteiger partial charge in [0.25, 0.3) is 0 Å². The highest BCUT2D eigenvalue weighted by molar-refractivity contribution is 6.00. The van der Waals surface area contributed by atoms with E-state index in [1.807, 2.05) is 6.20 Å². The van der Waals surface area contributed by atoms with Gasteiger partial charge in [0.1, 0.15) is 12.9 Å². The molecule has 0 spiro atoms. The fraction of sp³-hybridized carbons (Fsp3) is 0.143. The molecule has 0 saturated heterocycles. The van der Waals surface area contributed by atoms with Crippen LogP contribution in [-0.2, 0) is 13.5 Å². The molecular weight excluding hydrogens is 378 g/mol. The molecule has 0 amide bonds. The minimum atomic E-state index is 0.859. The molecule has 6 rings (SSSR count). The largest absolute Gasteiger partial charge is 0.303 e. The number of fused-ring (bicyclic) bond motifs is 5. The number of imidazole rings is 1. The molecule has 0 radical (unpaired) electrons. The minimum absolute atomic E-state index is 0.859. The van der Waals surface area contributed by atoms with Crippen molar-refractivity contribution in [3.63, 3.8) is 0 Å². The fourth-order valence-electron chi connectivity index (χ4n) is 5.24. The molecule has 3 aromatic carbocycles. The first-order chi connectivity index (χ1) is 15.1. The Hall–Kier alpha value is -3.72. The van der Waals surface area contributed by atoms with Gasteiger partial charge in [0.15, 0.2) is 6.20 Å². The van der Waals surface area contributed by atoms with E-state index in [1.54, 1.807) is 0 Å². The predicted octanol–water partition coefficient (Wildman–Crippen LogP) is 5.71. The van der Waals surface area contributed by atoms with Gasteiger partial charge in [-0.15, -0.1) is 0 Å². The normalized spacial score (nSPS) is 12.2. The smallest absolute Gasteiger partial charge is 0.213 e. The molecule has 0 saturated carbocycles. The van der Waals surface area contributed by atoms with Crippen LogP contribution >= 0.6 is 0 Å². The number of aromatic nitrogens is 3. The number of hydrogen-bond acceptors (Lipinski definition) is 1. The molecule has 31 heavy (non-hydrogen) atoms. The van der Waals surface area contributed by atoms with E-state index in [0.29, 0.717) is 0 Å². The van der Waals surface area contributed by atoms with Gasteiger partial charge >= 0.3 is 0 Å². The van der Waals surface area contributed by atoms with Gasteiger partial charge in [-0.05, 0) is 41.5 Å². The number of pyridine rings is 1. The van der Waals surface area contributed by atoms with E-state index >= 15 is 0 Å². The second kappa shape index (κ2) is 6.64. The van der Waals surface area contributed by atoms with Crippen LogP contribution in [0, 0.1) is 13.8 Å². The van der Waals surface area contributed by atoms with Crippen molar-refractivity contribution >= 4 is 10.8 Å². The third-order valence-electron chi connectivity index (χ3n) is 6.66. The van der Waals surface area contributed by atoms with Crippen LogP contribution in [0.1, 0.15) is 22.5 Å². The topological polar surface area (TPSA) is 21.7 Å². The van der Waals surface area contributed by atoms with Gasteiger partial charge in [0, 0.05) is 35.8 Å². The van der Waals surface area contributed by atoms with Crippen molar-refractivity contribution in [2.45, 2.75) is 20.3 Å². The zero-order valence-electron chi connectivity index (χ0n) is 18.1. The van der Waals surface area contributed by atoms with Crippen LogP contribution in [0.4, 0.5) is 0 Å². The van der Waals surface area contributed by atoms with Gasteiger partial charge in [-0.25, -0.2) is 9.55 Å². The van der Waals surface area contributed by atoms with Crippen molar-refractivity contribution in [1.29, 1.82) is 0 Å². The average molecular weight is 403 g/mol. The third-order valence-corrected chi connectivity index (χ3v) is 6.66. The Labute approximate surface area is 182 Å². The van der Waals surface area contributed by atoms with Gasteiger partial charge in [0.05, 0.1) is 11.3 Å². The van der Waals surface area contributed by atoms with Crippen LogP contribution in [0.25, 0.3) is 38.8 Å². The van der Waals surface area contributed by atoms with Gasteiger partial charge in [-0.3, -0.25) is 0 Å². The van der Waals surface area contributed by atoms with Crippen molar-refractivity contribution in [1.82, 2.24) is 9.55 Å². The van der Waals surface area contributed by atoms with Crippen molar-refractivity contribution in [3.8, 4) is 28.1 Å². The summed E-state index contributed by atoms with van der Waals surface area (Å²) >= 11 is 0. The molecule has 0 N–H and O–H groups in total. The molecule has 0 unspecified atom stereocenters. The molecule has 1 aliphatic rings. The molecule has 0 atom stereocenters. The van der Waals surface area contributed by atoms with Crippen molar-refractivity contribution in [2.24, 2.45) is 7.05 Å². The standard InChI is InChI=1S/C28H24N3/c1-18-17-30(3)25(15-23(18)20-9-5-4-6-10-20)27-19(2)21-11-7-8-12-22(21)28-24(27)16-26-29-13-14-31(26)28/h4-15,17H,16H2,1-3H3/q+1. The van der Waals surface area contributed by atoms with Gasteiger partial charge in [-0.2, -0.15) is 0 Å². The number of aryl methyl sites for hydroxylation is 3. The van der Waals surface area contributed by atoms with Gasteiger partial charge in [0.2, 0.25) is 5.69 Å². The Morgan fingerprint density at radius 1 is 0.935 bits per heavy atom. The third kappa shape index (κ3) is 2.59. The quantitative estimate of drug-likeness (QED) is 0.340. The molecule has 0 fully saturated rings. The van der Waals surface area contributed by atoms with Crippen LogP contribution in [0.2, 0.25) is 0 Å². The van der Waals surface area contributed by atoms with E-state index in [9.17, 15) is 0 Å². The highest BCUT2D eigenvalue weighted by Crippen LogP contribution is 2.43. The maximum Gasteiger partial charge on any atom is 0.213 e. The maximum atomic E-state index is 4.64. The summed E-state index contributed by atoms with van der Waals surface area (Å²) in [5, 5.41) is 2.60. The molecule has 0 bridgehead atoms. The zero-order valence-corrected chi connectivity index (χ0v) is 18.1. The molecule has 5 aromatic rings. The highest BCUT2D eigenvalue weighted by atomic mass is 15.1.